The summed E-state index contributed by atoms with van der Waals surface area (Å²) < 4.78 is 58.5. The molecular weight excluding hydrogens is 380 g/mol. The molecule has 1 aromatic rings. The molecule has 28 heavy (non-hydrogen) atoms. The molecule has 6 nitrogen and oxygen atoms in total. The van der Waals surface area contributed by atoms with Crippen molar-refractivity contribution < 1.29 is 27.1 Å². The molecule has 1 aliphatic carbocycles. The van der Waals surface area contributed by atoms with E-state index < -0.39 is 36.0 Å². The fourth-order valence-electron chi connectivity index (χ4n) is 2.91. The number of nitrogens with one attached hydrogen (secondary N) is 3. The lowest BCUT2D eigenvalue weighted by molar-refractivity contribution is -0.116. The predicted molar refractivity (Wildman–Crippen MR) is 94.2 cm³/mol. The molecule has 0 aromatic heterocycles. The Balaban J connectivity index is 1.84. The van der Waals surface area contributed by atoms with Gasteiger partial charge in [-0.25, -0.2) is 17.6 Å². The Hall–Kier alpha value is -2.62. The standard InChI is InChI=1S/C18H20F4N4O2/c19-12-5-13(20)7-14(6-12)25-17(27)16(28-10-11-8-18(11,21)22)15(9-23)26-3-1-24-2-4-26/h5-7,9,11,23-24H,1-4,8,10H2,(H,25,27)/b16-15-,23-9?. The number of hydrogen-bond acceptors (Lipinski definition) is 5. The Bertz CT molecular complexity index is 774. The normalized spacial score (nSPS) is 21.6. The lowest BCUT2D eigenvalue weighted by Crippen LogP contribution is -2.44. The summed E-state index contributed by atoms with van der Waals surface area (Å²) in [6, 6.07) is 2.49. The third-order valence-electron chi connectivity index (χ3n) is 4.54. The molecule has 1 atom stereocenters. The molecular formula is C18H20F4N4O2. The van der Waals surface area contributed by atoms with Gasteiger partial charge < -0.3 is 25.7 Å². The van der Waals surface area contributed by atoms with Gasteiger partial charge in [-0.05, 0) is 12.1 Å². The maximum Gasteiger partial charge on any atom is 0.293 e. The van der Waals surface area contributed by atoms with Crippen LogP contribution in [0.15, 0.2) is 29.7 Å². The molecule has 0 radical (unpaired) electrons. The number of allylic oxidation sites excluding steroid dienone is 1. The zero-order chi connectivity index (χ0) is 20.3. The summed E-state index contributed by atoms with van der Waals surface area (Å²) in [4.78, 5) is 14.4. The van der Waals surface area contributed by atoms with Crippen LogP contribution in [0.5, 0.6) is 0 Å². The van der Waals surface area contributed by atoms with Gasteiger partial charge in [-0.2, -0.15) is 0 Å². The Morgan fingerprint density at radius 3 is 2.43 bits per heavy atom. The second kappa shape index (κ2) is 8.17. The minimum Gasteiger partial charge on any atom is -0.486 e. The van der Waals surface area contributed by atoms with E-state index in [9.17, 15) is 22.4 Å². The van der Waals surface area contributed by atoms with Crippen molar-refractivity contribution in [3.63, 3.8) is 0 Å². The number of nitrogens with zero attached hydrogens (tertiary/aromatic N) is 1. The second-order valence-electron chi connectivity index (χ2n) is 6.68. The highest BCUT2D eigenvalue weighted by Gasteiger charge is 2.57. The van der Waals surface area contributed by atoms with E-state index in [1.165, 1.54) is 0 Å². The summed E-state index contributed by atoms with van der Waals surface area (Å²) in [7, 11) is 0. The molecule has 1 amide bonds. The maximum atomic E-state index is 13.4. The van der Waals surface area contributed by atoms with Crippen LogP contribution in [0.1, 0.15) is 6.42 Å². The Morgan fingerprint density at radius 2 is 1.89 bits per heavy atom. The van der Waals surface area contributed by atoms with Crippen molar-refractivity contribution in [2.24, 2.45) is 5.92 Å². The zero-order valence-corrected chi connectivity index (χ0v) is 14.9. The molecule has 152 valence electrons. The topological polar surface area (TPSA) is 77.5 Å². The molecule has 3 N–H and O–H groups in total. The van der Waals surface area contributed by atoms with Crippen LogP contribution in [-0.4, -0.2) is 55.7 Å². The Labute approximate surface area is 159 Å². The zero-order valence-electron chi connectivity index (χ0n) is 14.9. The Kier molecular flexibility index (Phi) is 5.87. The van der Waals surface area contributed by atoms with Gasteiger partial charge in [-0.3, -0.25) is 4.79 Å². The molecule has 0 spiro atoms. The van der Waals surface area contributed by atoms with Crippen LogP contribution in [0, 0.1) is 23.0 Å². The van der Waals surface area contributed by atoms with Crippen molar-refractivity contribution in [3.05, 3.63) is 41.3 Å². The molecule has 2 fully saturated rings. The van der Waals surface area contributed by atoms with Crippen LogP contribution >= 0.6 is 0 Å². The summed E-state index contributed by atoms with van der Waals surface area (Å²) in [5.74, 6) is -6.79. The molecule has 1 aromatic carbocycles. The predicted octanol–water partition coefficient (Wildman–Crippen LogP) is 2.34. The monoisotopic (exact) mass is 400 g/mol. The van der Waals surface area contributed by atoms with E-state index in [0.717, 1.165) is 18.3 Å². The average Bonchev–Trinajstić information content (AvgIpc) is 3.25. The molecule has 1 saturated carbocycles. The highest BCUT2D eigenvalue weighted by atomic mass is 19.3. The first-order valence-electron chi connectivity index (χ1n) is 8.78. The van der Waals surface area contributed by atoms with Crippen molar-refractivity contribution in [3.8, 4) is 0 Å². The lowest BCUT2D eigenvalue weighted by Gasteiger charge is -2.31. The number of anilines is 1. The van der Waals surface area contributed by atoms with E-state index in [0.29, 0.717) is 32.2 Å². The van der Waals surface area contributed by atoms with Crippen LogP contribution in [0.4, 0.5) is 23.2 Å². The quantitative estimate of drug-likeness (QED) is 0.284. The number of hydrogen-bond donors (Lipinski definition) is 3. The largest absolute Gasteiger partial charge is 0.486 e. The van der Waals surface area contributed by atoms with Gasteiger partial charge in [-0.1, -0.05) is 0 Å². The third-order valence-corrected chi connectivity index (χ3v) is 4.54. The number of alkyl halides is 2. The van der Waals surface area contributed by atoms with Gasteiger partial charge in [0, 0.05) is 50.6 Å². The molecule has 1 aliphatic heterocycles. The van der Waals surface area contributed by atoms with E-state index in [1.54, 1.807) is 4.90 Å². The van der Waals surface area contributed by atoms with Crippen molar-refractivity contribution in [2.45, 2.75) is 12.3 Å². The summed E-state index contributed by atoms with van der Waals surface area (Å²) in [5, 5.41) is 13.1. The van der Waals surface area contributed by atoms with Crippen LogP contribution in [0.3, 0.4) is 0 Å². The Morgan fingerprint density at radius 1 is 1.29 bits per heavy atom. The first kappa shape index (κ1) is 20.1. The fraction of sp³-hybridized carbons (Fsp3) is 0.444. The number of rotatable bonds is 7. The third kappa shape index (κ3) is 4.80. The van der Waals surface area contributed by atoms with E-state index >= 15 is 0 Å². The van der Waals surface area contributed by atoms with E-state index in [4.69, 9.17) is 10.1 Å². The smallest absolute Gasteiger partial charge is 0.293 e. The number of carbonyl (C=O) groups is 1. The molecule has 1 heterocycles. The molecule has 2 aliphatic rings. The number of benzene rings is 1. The minimum absolute atomic E-state index is 0.125. The van der Waals surface area contributed by atoms with Gasteiger partial charge in [0.15, 0.2) is 0 Å². The van der Waals surface area contributed by atoms with Crippen molar-refractivity contribution in [1.29, 1.82) is 5.41 Å². The highest BCUT2D eigenvalue weighted by molar-refractivity contribution is 6.05. The molecule has 1 unspecified atom stereocenters. The summed E-state index contributed by atoms with van der Waals surface area (Å²) in [6.07, 6.45) is 0.585. The number of halogens is 4. The lowest BCUT2D eigenvalue weighted by atomic mass is 10.2. The summed E-state index contributed by atoms with van der Waals surface area (Å²) in [6.45, 7) is 1.80. The van der Waals surface area contributed by atoms with Gasteiger partial charge in [0.1, 0.15) is 17.3 Å². The minimum atomic E-state index is -2.83. The van der Waals surface area contributed by atoms with Crippen molar-refractivity contribution in [2.75, 3.05) is 38.1 Å². The molecule has 3 rings (SSSR count). The van der Waals surface area contributed by atoms with Gasteiger partial charge in [-0.15, -0.1) is 0 Å². The second-order valence-corrected chi connectivity index (χ2v) is 6.68. The first-order valence-corrected chi connectivity index (χ1v) is 8.78. The SMILES string of the molecule is N=C/C(=C(/OCC1CC1(F)F)C(=O)Nc1cc(F)cc(F)c1)N1CCNCC1. The van der Waals surface area contributed by atoms with Crippen molar-refractivity contribution >= 4 is 17.8 Å². The van der Waals surface area contributed by atoms with Gasteiger partial charge in [0.05, 0.1) is 12.5 Å². The number of carbonyl (C=O) groups excluding carboxylic acids is 1. The molecule has 1 saturated heterocycles. The van der Waals surface area contributed by atoms with Crippen LogP contribution < -0.4 is 10.6 Å². The summed E-state index contributed by atoms with van der Waals surface area (Å²) in [5.41, 5.74) is -0.0233. The van der Waals surface area contributed by atoms with Crippen molar-refractivity contribution in [1.82, 2.24) is 10.2 Å². The maximum absolute atomic E-state index is 13.4. The first-order chi connectivity index (χ1) is 13.3. The fourth-order valence-corrected chi connectivity index (χ4v) is 2.91. The van der Waals surface area contributed by atoms with E-state index in [-0.39, 0.29) is 23.6 Å². The van der Waals surface area contributed by atoms with E-state index in [1.807, 2.05) is 0 Å². The summed E-state index contributed by atoms with van der Waals surface area (Å²) >= 11 is 0. The van der Waals surface area contributed by atoms with Crippen LogP contribution in [0.25, 0.3) is 0 Å². The highest BCUT2D eigenvalue weighted by Crippen LogP contribution is 2.48. The number of piperazine rings is 1. The average molecular weight is 400 g/mol. The van der Waals surface area contributed by atoms with Crippen LogP contribution in [0.2, 0.25) is 0 Å². The molecule has 0 bridgehead atoms. The van der Waals surface area contributed by atoms with Gasteiger partial charge in [0.2, 0.25) is 5.76 Å². The number of amides is 1. The van der Waals surface area contributed by atoms with Gasteiger partial charge >= 0.3 is 0 Å². The van der Waals surface area contributed by atoms with E-state index in [2.05, 4.69) is 10.6 Å². The molecule has 10 heteroatoms. The van der Waals surface area contributed by atoms with Crippen LogP contribution in [-0.2, 0) is 9.53 Å². The van der Waals surface area contributed by atoms with Gasteiger partial charge in [0.25, 0.3) is 11.8 Å². The number of ether oxygens (including phenoxy) is 1.